The van der Waals surface area contributed by atoms with Gasteiger partial charge in [-0.15, -0.1) is 0 Å². The monoisotopic (exact) mass is 282 g/mol. The SMILES string of the molecule is CCn1cnc(S(=O)(=O)NC2(C#N)CCCCC2)c1. The van der Waals surface area contributed by atoms with Crippen LogP contribution in [0, 0.1) is 11.3 Å². The van der Waals surface area contributed by atoms with Crippen molar-refractivity contribution >= 4 is 10.0 Å². The van der Waals surface area contributed by atoms with E-state index in [1.807, 2.05) is 6.92 Å². The van der Waals surface area contributed by atoms with Crippen LogP contribution in [-0.4, -0.2) is 23.5 Å². The number of nitrogens with zero attached hydrogens (tertiary/aromatic N) is 3. The first kappa shape index (κ1) is 14.0. The number of aromatic nitrogens is 2. The van der Waals surface area contributed by atoms with Crippen LogP contribution in [0.5, 0.6) is 0 Å². The number of aryl methyl sites for hydroxylation is 1. The van der Waals surface area contributed by atoms with Gasteiger partial charge in [-0.1, -0.05) is 19.3 Å². The molecule has 0 spiro atoms. The van der Waals surface area contributed by atoms with Crippen LogP contribution in [0.2, 0.25) is 0 Å². The van der Waals surface area contributed by atoms with Crippen molar-refractivity contribution in [3.63, 3.8) is 0 Å². The molecule has 0 bridgehead atoms. The lowest BCUT2D eigenvalue weighted by atomic mass is 9.84. The minimum Gasteiger partial charge on any atom is -0.336 e. The third kappa shape index (κ3) is 2.96. The van der Waals surface area contributed by atoms with Crippen LogP contribution in [0.4, 0.5) is 0 Å². The van der Waals surface area contributed by atoms with E-state index in [9.17, 15) is 13.7 Å². The van der Waals surface area contributed by atoms with Crippen LogP contribution in [0.25, 0.3) is 0 Å². The standard InChI is InChI=1S/C12H18N4O2S/c1-2-16-8-11(14-10-16)19(17,18)15-12(9-13)6-4-3-5-7-12/h8,10,15H,2-7H2,1H3. The summed E-state index contributed by atoms with van der Waals surface area (Å²) >= 11 is 0. The topological polar surface area (TPSA) is 87.8 Å². The fourth-order valence-electron chi connectivity index (χ4n) is 2.35. The molecule has 1 heterocycles. The molecule has 19 heavy (non-hydrogen) atoms. The Balaban J connectivity index is 2.23. The smallest absolute Gasteiger partial charge is 0.260 e. The van der Waals surface area contributed by atoms with E-state index in [2.05, 4.69) is 15.8 Å². The molecule has 1 aromatic heterocycles. The highest BCUT2D eigenvalue weighted by Crippen LogP contribution is 2.29. The summed E-state index contributed by atoms with van der Waals surface area (Å²) < 4.78 is 28.7. The first-order valence-electron chi connectivity index (χ1n) is 6.48. The molecule has 2 rings (SSSR count). The van der Waals surface area contributed by atoms with Gasteiger partial charge in [0, 0.05) is 12.7 Å². The van der Waals surface area contributed by atoms with Crippen LogP contribution >= 0.6 is 0 Å². The normalized spacial score (nSPS) is 18.9. The molecule has 1 fully saturated rings. The van der Waals surface area contributed by atoms with E-state index in [4.69, 9.17) is 0 Å². The Morgan fingerprint density at radius 2 is 2.16 bits per heavy atom. The molecule has 104 valence electrons. The first-order chi connectivity index (χ1) is 9.01. The number of hydrogen-bond donors (Lipinski definition) is 1. The predicted octanol–water partition coefficient (Wildman–Crippen LogP) is 1.41. The largest absolute Gasteiger partial charge is 0.336 e. The van der Waals surface area contributed by atoms with Crippen molar-refractivity contribution in [1.29, 1.82) is 5.26 Å². The highest BCUT2D eigenvalue weighted by Gasteiger charge is 2.37. The van der Waals surface area contributed by atoms with Gasteiger partial charge >= 0.3 is 0 Å². The molecule has 0 aromatic carbocycles. The van der Waals surface area contributed by atoms with E-state index in [1.165, 1.54) is 12.5 Å². The summed E-state index contributed by atoms with van der Waals surface area (Å²) in [7, 11) is -3.72. The summed E-state index contributed by atoms with van der Waals surface area (Å²) in [6.07, 6.45) is 6.90. The van der Waals surface area contributed by atoms with Gasteiger partial charge in [0.25, 0.3) is 10.0 Å². The quantitative estimate of drug-likeness (QED) is 0.904. The molecular formula is C12H18N4O2S. The molecule has 0 atom stereocenters. The number of nitriles is 1. The molecule has 1 N–H and O–H groups in total. The van der Waals surface area contributed by atoms with Gasteiger partial charge in [-0.3, -0.25) is 0 Å². The summed E-state index contributed by atoms with van der Waals surface area (Å²) in [5.41, 5.74) is -0.965. The van der Waals surface area contributed by atoms with E-state index < -0.39 is 15.6 Å². The molecule has 7 heteroatoms. The van der Waals surface area contributed by atoms with E-state index >= 15 is 0 Å². The van der Waals surface area contributed by atoms with Crippen molar-refractivity contribution in [3.05, 3.63) is 12.5 Å². The van der Waals surface area contributed by atoms with Gasteiger partial charge in [-0.05, 0) is 19.8 Å². The van der Waals surface area contributed by atoms with Crippen LogP contribution in [0.1, 0.15) is 39.0 Å². The van der Waals surface area contributed by atoms with Crippen molar-refractivity contribution < 1.29 is 8.42 Å². The highest BCUT2D eigenvalue weighted by molar-refractivity contribution is 7.89. The lowest BCUT2D eigenvalue weighted by Gasteiger charge is -2.30. The Morgan fingerprint density at radius 1 is 1.47 bits per heavy atom. The summed E-state index contributed by atoms with van der Waals surface area (Å²) in [5.74, 6) is 0. The van der Waals surface area contributed by atoms with Gasteiger partial charge in [0.05, 0.1) is 12.4 Å². The third-order valence-corrected chi connectivity index (χ3v) is 4.92. The number of imidazole rings is 1. The van der Waals surface area contributed by atoms with Crippen LogP contribution in [0.15, 0.2) is 17.6 Å². The summed E-state index contributed by atoms with van der Waals surface area (Å²) in [4.78, 5) is 3.89. The Bertz CT molecular complexity index is 579. The molecule has 0 saturated heterocycles. The molecule has 0 aliphatic heterocycles. The van der Waals surface area contributed by atoms with Crippen LogP contribution in [-0.2, 0) is 16.6 Å². The summed E-state index contributed by atoms with van der Waals surface area (Å²) in [6.45, 7) is 2.56. The molecule has 0 amide bonds. The lowest BCUT2D eigenvalue weighted by molar-refractivity contribution is 0.337. The Morgan fingerprint density at radius 3 is 2.68 bits per heavy atom. The van der Waals surface area contributed by atoms with Gasteiger partial charge in [0.15, 0.2) is 5.03 Å². The maximum atomic E-state index is 12.3. The Hall–Kier alpha value is -1.39. The number of nitrogens with one attached hydrogen (secondary N) is 1. The molecule has 6 nitrogen and oxygen atoms in total. The highest BCUT2D eigenvalue weighted by atomic mass is 32.2. The average Bonchev–Trinajstić information content (AvgIpc) is 2.89. The molecule has 1 aliphatic rings. The number of rotatable bonds is 4. The first-order valence-corrected chi connectivity index (χ1v) is 7.97. The Kier molecular flexibility index (Phi) is 3.92. The summed E-state index contributed by atoms with van der Waals surface area (Å²) in [6, 6.07) is 2.14. The molecule has 1 aliphatic carbocycles. The minimum absolute atomic E-state index is 0.0189. The molecule has 0 unspecified atom stereocenters. The lowest BCUT2D eigenvalue weighted by Crippen LogP contribution is -2.48. The van der Waals surface area contributed by atoms with Gasteiger partial charge in [0.2, 0.25) is 0 Å². The van der Waals surface area contributed by atoms with E-state index in [0.29, 0.717) is 19.4 Å². The van der Waals surface area contributed by atoms with Crippen LogP contribution in [0.3, 0.4) is 0 Å². The maximum Gasteiger partial charge on any atom is 0.260 e. The molecule has 1 aromatic rings. The van der Waals surface area contributed by atoms with Gasteiger partial charge in [-0.25, -0.2) is 13.4 Å². The fraction of sp³-hybridized carbons (Fsp3) is 0.667. The van der Waals surface area contributed by atoms with Crippen molar-refractivity contribution in [2.24, 2.45) is 0 Å². The average molecular weight is 282 g/mol. The van der Waals surface area contributed by atoms with Crippen molar-refractivity contribution in [3.8, 4) is 6.07 Å². The molecule has 1 saturated carbocycles. The zero-order valence-electron chi connectivity index (χ0n) is 11.0. The third-order valence-electron chi connectivity index (χ3n) is 3.50. The second kappa shape index (κ2) is 5.31. The van der Waals surface area contributed by atoms with E-state index in [0.717, 1.165) is 19.3 Å². The predicted molar refractivity (Wildman–Crippen MR) is 69.7 cm³/mol. The van der Waals surface area contributed by atoms with Gasteiger partial charge in [0.1, 0.15) is 5.54 Å². The second-order valence-corrected chi connectivity index (χ2v) is 6.53. The van der Waals surface area contributed by atoms with Crippen molar-refractivity contribution in [2.45, 2.75) is 56.1 Å². The Labute approximate surface area is 113 Å². The molecular weight excluding hydrogens is 264 g/mol. The van der Waals surface area contributed by atoms with Crippen LogP contribution < -0.4 is 4.72 Å². The zero-order valence-corrected chi connectivity index (χ0v) is 11.8. The number of sulfonamides is 1. The van der Waals surface area contributed by atoms with E-state index in [-0.39, 0.29) is 5.03 Å². The van der Waals surface area contributed by atoms with Gasteiger partial charge in [-0.2, -0.15) is 9.98 Å². The van der Waals surface area contributed by atoms with E-state index in [1.54, 1.807) is 4.57 Å². The van der Waals surface area contributed by atoms with Crippen molar-refractivity contribution in [1.82, 2.24) is 14.3 Å². The van der Waals surface area contributed by atoms with Crippen molar-refractivity contribution in [2.75, 3.05) is 0 Å². The van der Waals surface area contributed by atoms with Gasteiger partial charge < -0.3 is 4.57 Å². The zero-order chi connectivity index (χ0) is 13.9. The number of hydrogen-bond acceptors (Lipinski definition) is 4. The maximum absolute atomic E-state index is 12.3. The fourth-order valence-corrected chi connectivity index (χ4v) is 3.68. The summed E-state index contributed by atoms with van der Waals surface area (Å²) in [5, 5.41) is 9.28. The second-order valence-electron chi connectivity index (χ2n) is 4.90. The minimum atomic E-state index is -3.72. The molecule has 0 radical (unpaired) electrons.